The predicted molar refractivity (Wildman–Crippen MR) is 104 cm³/mol. The van der Waals surface area contributed by atoms with E-state index in [9.17, 15) is 23.2 Å². The van der Waals surface area contributed by atoms with Crippen LogP contribution in [0.4, 0.5) is 14.5 Å². The molecule has 3 amide bonds. The Morgan fingerprint density at radius 1 is 0.933 bits per heavy atom. The van der Waals surface area contributed by atoms with Gasteiger partial charge in [-0.2, -0.15) is 0 Å². The van der Waals surface area contributed by atoms with Crippen molar-refractivity contribution < 1.29 is 27.6 Å². The van der Waals surface area contributed by atoms with Crippen LogP contribution < -0.4 is 16.0 Å². The van der Waals surface area contributed by atoms with Gasteiger partial charge in [-0.1, -0.05) is 6.07 Å². The summed E-state index contributed by atoms with van der Waals surface area (Å²) in [6.07, 6.45) is 1.37. The standard InChI is InChI=1S/C21H17F2N3O4/c1-24-21(29)18(13-6-9-15(22)16(23)11-13)26-19(27)12-4-7-14(8-5-12)25-20(28)17-3-2-10-30-17/h2-11,18H,1H3,(H,24,29)(H,25,28)(H,26,27). The molecule has 9 heteroatoms. The fourth-order valence-electron chi connectivity index (χ4n) is 2.66. The fraction of sp³-hybridized carbons (Fsp3) is 0.0952. The zero-order valence-corrected chi connectivity index (χ0v) is 15.7. The molecule has 0 saturated carbocycles. The molecule has 3 aromatic rings. The smallest absolute Gasteiger partial charge is 0.291 e. The summed E-state index contributed by atoms with van der Waals surface area (Å²) in [6, 6.07) is 10.7. The van der Waals surface area contributed by atoms with Crippen LogP contribution in [0.3, 0.4) is 0 Å². The molecule has 30 heavy (non-hydrogen) atoms. The summed E-state index contributed by atoms with van der Waals surface area (Å²) in [5, 5.41) is 7.47. The summed E-state index contributed by atoms with van der Waals surface area (Å²) in [7, 11) is 1.36. The average molecular weight is 413 g/mol. The predicted octanol–water partition coefficient (Wildman–Crippen LogP) is 3.03. The molecule has 0 saturated heterocycles. The molecule has 0 aliphatic carbocycles. The summed E-state index contributed by atoms with van der Waals surface area (Å²) in [6.45, 7) is 0. The van der Waals surface area contributed by atoms with E-state index < -0.39 is 35.4 Å². The number of anilines is 1. The molecule has 0 aliphatic rings. The molecule has 7 nitrogen and oxygen atoms in total. The highest BCUT2D eigenvalue weighted by Crippen LogP contribution is 2.18. The Morgan fingerprint density at radius 3 is 2.27 bits per heavy atom. The number of amides is 3. The number of hydrogen-bond donors (Lipinski definition) is 3. The molecule has 0 bridgehead atoms. The van der Waals surface area contributed by atoms with Crippen LogP contribution in [-0.2, 0) is 4.79 Å². The van der Waals surface area contributed by atoms with Crippen LogP contribution >= 0.6 is 0 Å². The summed E-state index contributed by atoms with van der Waals surface area (Å²) >= 11 is 0. The van der Waals surface area contributed by atoms with Crippen LogP contribution in [0.1, 0.15) is 32.5 Å². The first-order chi connectivity index (χ1) is 14.4. The van der Waals surface area contributed by atoms with Crippen molar-refractivity contribution in [2.75, 3.05) is 12.4 Å². The lowest BCUT2D eigenvalue weighted by Crippen LogP contribution is -2.39. The second-order valence-electron chi connectivity index (χ2n) is 6.20. The minimum atomic E-state index is -1.23. The molecule has 0 aliphatic heterocycles. The summed E-state index contributed by atoms with van der Waals surface area (Å²) in [5.41, 5.74) is 0.711. The van der Waals surface area contributed by atoms with Crippen LogP contribution in [0.2, 0.25) is 0 Å². The molecule has 3 rings (SSSR count). The second-order valence-corrected chi connectivity index (χ2v) is 6.20. The van der Waals surface area contributed by atoms with Crippen molar-refractivity contribution >= 4 is 23.4 Å². The summed E-state index contributed by atoms with van der Waals surface area (Å²) in [5.74, 6) is -3.72. The van der Waals surface area contributed by atoms with Gasteiger partial charge in [-0.05, 0) is 54.1 Å². The fourth-order valence-corrected chi connectivity index (χ4v) is 2.66. The van der Waals surface area contributed by atoms with Gasteiger partial charge in [0.2, 0.25) is 5.91 Å². The highest BCUT2D eigenvalue weighted by molar-refractivity contribution is 6.03. The van der Waals surface area contributed by atoms with Gasteiger partial charge in [0, 0.05) is 18.3 Å². The minimum Gasteiger partial charge on any atom is -0.459 e. The number of nitrogens with one attached hydrogen (secondary N) is 3. The van der Waals surface area contributed by atoms with E-state index in [1.165, 1.54) is 49.7 Å². The van der Waals surface area contributed by atoms with E-state index in [4.69, 9.17) is 4.42 Å². The summed E-state index contributed by atoms with van der Waals surface area (Å²) < 4.78 is 31.7. The van der Waals surface area contributed by atoms with Gasteiger partial charge in [0.1, 0.15) is 6.04 Å². The van der Waals surface area contributed by atoms with Crippen molar-refractivity contribution in [2.45, 2.75) is 6.04 Å². The van der Waals surface area contributed by atoms with Crippen molar-refractivity contribution in [3.05, 3.63) is 89.4 Å². The van der Waals surface area contributed by atoms with Gasteiger partial charge >= 0.3 is 0 Å². The Balaban J connectivity index is 1.73. The molecule has 0 fully saturated rings. The first-order valence-corrected chi connectivity index (χ1v) is 8.81. The maximum absolute atomic E-state index is 13.6. The molecule has 0 radical (unpaired) electrons. The van der Waals surface area contributed by atoms with Gasteiger partial charge in [0.15, 0.2) is 17.4 Å². The quantitative estimate of drug-likeness (QED) is 0.578. The third kappa shape index (κ3) is 4.69. The second kappa shape index (κ2) is 8.99. The van der Waals surface area contributed by atoms with E-state index >= 15 is 0 Å². The Morgan fingerprint density at radius 2 is 1.67 bits per heavy atom. The molecular formula is C21H17F2N3O4. The Kier molecular flexibility index (Phi) is 6.21. The number of likely N-dealkylation sites (N-methyl/N-ethyl adjacent to an activating group) is 1. The van der Waals surface area contributed by atoms with E-state index in [2.05, 4.69) is 16.0 Å². The normalized spacial score (nSPS) is 11.4. The molecule has 1 atom stereocenters. The number of hydrogen-bond acceptors (Lipinski definition) is 4. The van der Waals surface area contributed by atoms with Gasteiger partial charge in [-0.3, -0.25) is 14.4 Å². The van der Waals surface area contributed by atoms with Crippen molar-refractivity contribution in [2.24, 2.45) is 0 Å². The van der Waals surface area contributed by atoms with Crippen LogP contribution in [0.25, 0.3) is 0 Å². The molecule has 1 unspecified atom stereocenters. The van der Waals surface area contributed by atoms with E-state index in [1.54, 1.807) is 6.07 Å². The van der Waals surface area contributed by atoms with Crippen molar-refractivity contribution in [3.63, 3.8) is 0 Å². The maximum Gasteiger partial charge on any atom is 0.291 e. The first kappa shape index (κ1) is 20.7. The van der Waals surface area contributed by atoms with E-state index in [0.717, 1.165) is 12.1 Å². The third-order valence-electron chi connectivity index (χ3n) is 4.21. The Bertz CT molecular complexity index is 1070. The number of carbonyl (C=O) groups excluding carboxylic acids is 3. The highest BCUT2D eigenvalue weighted by atomic mass is 19.2. The van der Waals surface area contributed by atoms with Crippen molar-refractivity contribution in [1.82, 2.24) is 10.6 Å². The van der Waals surface area contributed by atoms with Gasteiger partial charge in [-0.15, -0.1) is 0 Å². The van der Waals surface area contributed by atoms with E-state index in [1.807, 2.05) is 0 Å². The minimum absolute atomic E-state index is 0.0870. The average Bonchev–Trinajstić information content (AvgIpc) is 3.29. The molecule has 3 N–H and O–H groups in total. The molecule has 154 valence electrons. The first-order valence-electron chi connectivity index (χ1n) is 8.81. The Hall–Kier alpha value is -4.01. The number of rotatable bonds is 6. The molecular weight excluding hydrogens is 396 g/mol. The monoisotopic (exact) mass is 413 g/mol. The highest BCUT2D eigenvalue weighted by Gasteiger charge is 2.23. The van der Waals surface area contributed by atoms with Gasteiger partial charge in [-0.25, -0.2) is 8.78 Å². The van der Waals surface area contributed by atoms with Crippen LogP contribution in [0.5, 0.6) is 0 Å². The zero-order valence-electron chi connectivity index (χ0n) is 15.7. The third-order valence-corrected chi connectivity index (χ3v) is 4.21. The lowest BCUT2D eigenvalue weighted by Gasteiger charge is -2.18. The molecule has 0 spiro atoms. The van der Waals surface area contributed by atoms with E-state index in [0.29, 0.717) is 5.69 Å². The van der Waals surface area contributed by atoms with Crippen molar-refractivity contribution in [1.29, 1.82) is 0 Å². The SMILES string of the molecule is CNC(=O)C(NC(=O)c1ccc(NC(=O)c2ccco2)cc1)c1ccc(F)c(F)c1. The van der Waals surface area contributed by atoms with Gasteiger partial charge < -0.3 is 20.4 Å². The zero-order chi connectivity index (χ0) is 21.7. The Labute approximate surface area is 170 Å². The maximum atomic E-state index is 13.6. The number of furan rings is 1. The van der Waals surface area contributed by atoms with Crippen molar-refractivity contribution in [3.8, 4) is 0 Å². The molecule has 2 aromatic carbocycles. The molecule has 1 aromatic heterocycles. The number of benzene rings is 2. The van der Waals surface area contributed by atoms with Gasteiger partial charge in [0.25, 0.3) is 11.8 Å². The summed E-state index contributed by atoms with van der Waals surface area (Å²) in [4.78, 5) is 36.7. The van der Waals surface area contributed by atoms with E-state index in [-0.39, 0.29) is 16.9 Å². The van der Waals surface area contributed by atoms with Crippen LogP contribution in [-0.4, -0.2) is 24.8 Å². The van der Waals surface area contributed by atoms with Gasteiger partial charge in [0.05, 0.1) is 6.26 Å². The molecule has 1 heterocycles. The van der Waals surface area contributed by atoms with Crippen LogP contribution in [0.15, 0.2) is 65.3 Å². The topological polar surface area (TPSA) is 100 Å². The lowest BCUT2D eigenvalue weighted by molar-refractivity contribution is -0.122. The number of carbonyl (C=O) groups is 3. The largest absolute Gasteiger partial charge is 0.459 e. The number of halogens is 2. The lowest BCUT2D eigenvalue weighted by atomic mass is 10.0. The van der Waals surface area contributed by atoms with Crippen LogP contribution in [0, 0.1) is 11.6 Å².